The molecular formula is C13H16BrF2NO. The van der Waals surface area contributed by atoms with Gasteiger partial charge in [-0.05, 0) is 24.6 Å². The standard InChI is InChI=1S/C13H16BrF2NO/c1-9-6-17(8-13(5-14)18-9)7-10-2-11(15)4-12(16)3-10/h2-4,9,13H,5-8H2,1H3. The molecule has 1 aliphatic rings. The summed E-state index contributed by atoms with van der Waals surface area (Å²) in [7, 11) is 0. The molecule has 0 spiro atoms. The number of rotatable bonds is 3. The van der Waals surface area contributed by atoms with Gasteiger partial charge in [0.1, 0.15) is 11.6 Å². The minimum atomic E-state index is -0.525. The van der Waals surface area contributed by atoms with E-state index in [1.165, 1.54) is 12.1 Å². The zero-order valence-corrected chi connectivity index (χ0v) is 11.8. The number of nitrogens with zero attached hydrogens (tertiary/aromatic N) is 1. The molecule has 2 rings (SSSR count). The summed E-state index contributed by atoms with van der Waals surface area (Å²) in [6, 6.07) is 3.66. The van der Waals surface area contributed by atoms with Crippen LogP contribution in [0.5, 0.6) is 0 Å². The molecule has 2 atom stereocenters. The van der Waals surface area contributed by atoms with E-state index in [4.69, 9.17) is 4.74 Å². The van der Waals surface area contributed by atoms with E-state index >= 15 is 0 Å². The molecule has 1 saturated heterocycles. The molecule has 2 nitrogen and oxygen atoms in total. The minimum absolute atomic E-state index is 0.132. The number of hydrogen-bond donors (Lipinski definition) is 0. The van der Waals surface area contributed by atoms with E-state index in [1.54, 1.807) is 0 Å². The highest BCUT2D eigenvalue weighted by atomic mass is 79.9. The predicted molar refractivity (Wildman–Crippen MR) is 69.8 cm³/mol. The summed E-state index contributed by atoms with van der Waals surface area (Å²) in [5.74, 6) is -1.05. The summed E-state index contributed by atoms with van der Waals surface area (Å²) in [5.41, 5.74) is 0.662. The molecule has 1 aliphatic heterocycles. The lowest BCUT2D eigenvalue weighted by Crippen LogP contribution is -2.46. The van der Waals surface area contributed by atoms with Crippen molar-refractivity contribution in [2.45, 2.75) is 25.7 Å². The van der Waals surface area contributed by atoms with Crippen LogP contribution in [0.15, 0.2) is 18.2 Å². The number of ether oxygens (including phenoxy) is 1. The summed E-state index contributed by atoms with van der Waals surface area (Å²) < 4.78 is 31.9. The topological polar surface area (TPSA) is 12.5 Å². The Labute approximate surface area is 114 Å². The van der Waals surface area contributed by atoms with Crippen molar-refractivity contribution >= 4 is 15.9 Å². The highest BCUT2D eigenvalue weighted by molar-refractivity contribution is 9.09. The quantitative estimate of drug-likeness (QED) is 0.794. The normalized spacial score (nSPS) is 25.3. The SMILES string of the molecule is CC1CN(Cc2cc(F)cc(F)c2)CC(CBr)O1. The van der Waals surface area contributed by atoms with E-state index in [-0.39, 0.29) is 12.2 Å². The van der Waals surface area contributed by atoms with Crippen LogP contribution in [0.25, 0.3) is 0 Å². The van der Waals surface area contributed by atoms with Crippen LogP contribution < -0.4 is 0 Å². The van der Waals surface area contributed by atoms with Crippen molar-refractivity contribution < 1.29 is 13.5 Å². The molecule has 0 saturated carbocycles. The van der Waals surface area contributed by atoms with Gasteiger partial charge in [-0.3, -0.25) is 4.90 Å². The second-order valence-electron chi connectivity index (χ2n) is 4.69. The van der Waals surface area contributed by atoms with Crippen molar-refractivity contribution in [1.82, 2.24) is 4.90 Å². The largest absolute Gasteiger partial charge is 0.372 e. The van der Waals surface area contributed by atoms with Gasteiger partial charge in [-0.25, -0.2) is 8.78 Å². The third-order valence-electron chi connectivity index (χ3n) is 2.90. The average molecular weight is 320 g/mol. The summed E-state index contributed by atoms with van der Waals surface area (Å²) in [4.78, 5) is 2.16. The highest BCUT2D eigenvalue weighted by Gasteiger charge is 2.24. The summed E-state index contributed by atoms with van der Waals surface area (Å²) in [5, 5.41) is 0.769. The highest BCUT2D eigenvalue weighted by Crippen LogP contribution is 2.17. The Kier molecular flexibility index (Phi) is 4.70. The van der Waals surface area contributed by atoms with Gasteiger partial charge in [0, 0.05) is 31.0 Å². The Bertz CT molecular complexity index is 396. The van der Waals surface area contributed by atoms with Crippen molar-refractivity contribution in [2.75, 3.05) is 18.4 Å². The van der Waals surface area contributed by atoms with E-state index in [0.29, 0.717) is 12.1 Å². The van der Waals surface area contributed by atoms with Crippen LogP contribution in [0, 0.1) is 11.6 Å². The van der Waals surface area contributed by atoms with Crippen LogP contribution in [0.1, 0.15) is 12.5 Å². The Hall–Kier alpha value is -0.520. The fraction of sp³-hybridized carbons (Fsp3) is 0.538. The second kappa shape index (κ2) is 6.08. The molecule has 0 amide bonds. The Morgan fingerprint density at radius 1 is 1.28 bits per heavy atom. The number of halogens is 3. The molecule has 1 aromatic rings. The molecule has 2 unspecified atom stereocenters. The van der Waals surface area contributed by atoms with Crippen LogP contribution in [0.3, 0.4) is 0 Å². The molecule has 1 fully saturated rings. The first-order chi connectivity index (χ1) is 8.56. The fourth-order valence-corrected chi connectivity index (χ4v) is 2.67. The molecule has 100 valence electrons. The maximum absolute atomic E-state index is 13.1. The van der Waals surface area contributed by atoms with E-state index < -0.39 is 11.6 Å². The van der Waals surface area contributed by atoms with Crippen LogP contribution in [-0.2, 0) is 11.3 Å². The van der Waals surface area contributed by atoms with Gasteiger partial charge in [-0.15, -0.1) is 0 Å². The third-order valence-corrected chi connectivity index (χ3v) is 3.62. The first-order valence-electron chi connectivity index (χ1n) is 5.95. The molecule has 18 heavy (non-hydrogen) atoms. The molecule has 0 aromatic heterocycles. The smallest absolute Gasteiger partial charge is 0.126 e. The Balaban J connectivity index is 2.03. The van der Waals surface area contributed by atoms with Crippen molar-refractivity contribution in [3.05, 3.63) is 35.4 Å². The first-order valence-corrected chi connectivity index (χ1v) is 7.07. The van der Waals surface area contributed by atoms with Crippen molar-refractivity contribution in [1.29, 1.82) is 0 Å². The molecule has 0 aliphatic carbocycles. The van der Waals surface area contributed by atoms with Gasteiger partial charge in [0.2, 0.25) is 0 Å². The fourth-order valence-electron chi connectivity index (χ4n) is 2.32. The number of morpholine rings is 1. The van der Waals surface area contributed by atoms with Crippen LogP contribution in [0.4, 0.5) is 8.78 Å². The zero-order chi connectivity index (χ0) is 13.1. The van der Waals surface area contributed by atoms with E-state index in [2.05, 4.69) is 20.8 Å². The van der Waals surface area contributed by atoms with Crippen LogP contribution >= 0.6 is 15.9 Å². The maximum Gasteiger partial charge on any atom is 0.126 e. The third kappa shape index (κ3) is 3.73. The molecule has 1 aromatic carbocycles. The lowest BCUT2D eigenvalue weighted by Gasteiger charge is -2.36. The molecule has 0 bridgehead atoms. The molecule has 1 heterocycles. The summed E-state index contributed by atoms with van der Waals surface area (Å²) >= 11 is 3.40. The van der Waals surface area contributed by atoms with Gasteiger partial charge >= 0.3 is 0 Å². The second-order valence-corrected chi connectivity index (χ2v) is 5.34. The van der Waals surface area contributed by atoms with Gasteiger partial charge in [-0.1, -0.05) is 15.9 Å². The number of alkyl halides is 1. The van der Waals surface area contributed by atoms with Crippen LogP contribution in [0.2, 0.25) is 0 Å². The molecular weight excluding hydrogens is 304 g/mol. The zero-order valence-electron chi connectivity index (χ0n) is 10.2. The van der Waals surface area contributed by atoms with Crippen LogP contribution in [-0.4, -0.2) is 35.5 Å². The Morgan fingerprint density at radius 3 is 2.56 bits per heavy atom. The maximum atomic E-state index is 13.1. The van der Waals surface area contributed by atoms with E-state index in [0.717, 1.165) is 24.5 Å². The van der Waals surface area contributed by atoms with Gasteiger partial charge < -0.3 is 4.74 Å². The van der Waals surface area contributed by atoms with Crippen molar-refractivity contribution in [3.8, 4) is 0 Å². The first kappa shape index (κ1) is 13.9. The molecule has 0 radical (unpaired) electrons. The monoisotopic (exact) mass is 319 g/mol. The van der Waals surface area contributed by atoms with Crippen molar-refractivity contribution in [2.24, 2.45) is 0 Å². The predicted octanol–water partition coefficient (Wildman–Crippen LogP) is 2.95. The summed E-state index contributed by atoms with van der Waals surface area (Å²) in [6.07, 6.45) is 0.270. The van der Waals surface area contributed by atoms with Crippen molar-refractivity contribution in [3.63, 3.8) is 0 Å². The van der Waals surface area contributed by atoms with E-state index in [9.17, 15) is 8.78 Å². The molecule has 5 heteroatoms. The van der Waals surface area contributed by atoms with Gasteiger partial charge in [0.05, 0.1) is 12.2 Å². The molecule has 0 N–H and O–H groups in total. The lowest BCUT2D eigenvalue weighted by atomic mass is 10.1. The van der Waals surface area contributed by atoms with E-state index in [1.807, 2.05) is 6.92 Å². The van der Waals surface area contributed by atoms with Gasteiger partial charge in [0.25, 0.3) is 0 Å². The number of hydrogen-bond acceptors (Lipinski definition) is 2. The number of benzene rings is 1. The van der Waals surface area contributed by atoms with Gasteiger partial charge in [-0.2, -0.15) is 0 Å². The average Bonchev–Trinajstić information content (AvgIpc) is 2.26. The van der Waals surface area contributed by atoms with Gasteiger partial charge in [0.15, 0.2) is 0 Å². The summed E-state index contributed by atoms with van der Waals surface area (Å²) in [6.45, 7) is 4.11. The minimum Gasteiger partial charge on any atom is -0.372 e. The lowest BCUT2D eigenvalue weighted by molar-refractivity contribution is -0.0678. The Morgan fingerprint density at radius 2 is 1.94 bits per heavy atom.